The molecule has 0 saturated heterocycles. The molecule has 4 aromatic heterocycles. The maximum atomic E-state index is 15.2. The van der Waals surface area contributed by atoms with Gasteiger partial charge in [0.15, 0.2) is 22.8 Å². The van der Waals surface area contributed by atoms with E-state index in [0.717, 1.165) is 30.9 Å². The molecule has 0 amide bonds. The van der Waals surface area contributed by atoms with Crippen LogP contribution in [-0.4, -0.2) is 63.8 Å². The Hall–Kier alpha value is -8.44. The van der Waals surface area contributed by atoms with Gasteiger partial charge in [-0.15, -0.1) is 20.4 Å². The third-order valence-electron chi connectivity index (χ3n) is 13.1. The average Bonchev–Trinajstić information content (AvgIpc) is 4.26. The molecule has 1 aliphatic carbocycles. The molecule has 3 N–H and O–H groups in total. The van der Waals surface area contributed by atoms with Crippen LogP contribution in [-0.2, 0) is 32.4 Å². The van der Waals surface area contributed by atoms with Gasteiger partial charge in [-0.1, -0.05) is 36.4 Å². The summed E-state index contributed by atoms with van der Waals surface area (Å²) in [6.45, 7) is 1.15. The molecule has 366 valence electrons. The minimum absolute atomic E-state index is 0.0106. The molecule has 0 radical (unpaired) electrons. The van der Waals surface area contributed by atoms with E-state index in [4.69, 9.17) is 13.8 Å². The van der Waals surface area contributed by atoms with Crippen LogP contribution >= 0.6 is 0 Å². The van der Waals surface area contributed by atoms with Gasteiger partial charge in [-0.2, -0.15) is 18.4 Å². The first-order chi connectivity index (χ1) is 35.4. The first-order valence-corrected chi connectivity index (χ1v) is 23.4. The van der Waals surface area contributed by atoms with Crippen molar-refractivity contribution in [2.75, 3.05) is 7.05 Å². The third-order valence-corrected chi connectivity index (χ3v) is 13.1. The van der Waals surface area contributed by atoms with Gasteiger partial charge in [0.05, 0.1) is 11.7 Å². The number of oxazole rings is 2. The van der Waals surface area contributed by atoms with E-state index in [9.17, 15) is 23.5 Å². The van der Waals surface area contributed by atoms with Gasteiger partial charge in [0.2, 0.25) is 11.8 Å². The maximum Gasteiger partial charge on any atom is 0.420 e. The van der Waals surface area contributed by atoms with E-state index in [1.165, 1.54) is 36.9 Å². The minimum atomic E-state index is -4.68. The van der Waals surface area contributed by atoms with Crippen molar-refractivity contribution in [3.05, 3.63) is 156 Å². The number of aliphatic hydroxyl groups is 1. The van der Waals surface area contributed by atoms with Crippen LogP contribution in [0.5, 0.6) is 0 Å². The van der Waals surface area contributed by atoms with E-state index in [-0.39, 0.29) is 42.7 Å². The quantitative estimate of drug-likeness (QED) is 0.0879. The van der Waals surface area contributed by atoms with E-state index in [1.807, 2.05) is 30.3 Å². The Morgan fingerprint density at radius 3 is 1.75 bits per heavy atom. The molecule has 14 nitrogen and oxygen atoms in total. The number of nitriles is 1. The smallest absolute Gasteiger partial charge is 0.420 e. The summed E-state index contributed by atoms with van der Waals surface area (Å²) in [6, 6.07) is 31.4. The van der Waals surface area contributed by atoms with Crippen molar-refractivity contribution in [1.29, 1.82) is 5.26 Å². The summed E-state index contributed by atoms with van der Waals surface area (Å²) < 4.78 is 88.4. The van der Waals surface area contributed by atoms with Crippen molar-refractivity contribution in [1.82, 2.24) is 50.1 Å². The number of fused-ring (bicyclic) bond motifs is 2. The molecule has 6 aromatic carbocycles. The lowest BCUT2D eigenvalue weighted by molar-refractivity contribution is -0.136. The number of benzene rings is 6. The van der Waals surface area contributed by atoms with Crippen LogP contribution in [0.4, 0.5) is 22.0 Å². The second kappa shape index (κ2) is 19.3. The molecule has 73 heavy (non-hydrogen) atoms. The van der Waals surface area contributed by atoms with Crippen molar-refractivity contribution in [2.45, 2.75) is 63.8 Å². The van der Waals surface area contributed by atoms with Crippen LogP contribution in [0, 0.1) is 23.0 Å². The molecule has 2 atom stereocenters. The number of halogens is 5. The summed E-state index contributed by atoms with van der Waals surface area (Å²) in [5, 5.41) is 43.8. The van der Waals surface area contributed by atoms with Crippen molar-refractivity contribution < 1.29 is 35.9 Å². The third kappa shape index (κ3) is 9.34. The van der Waals surface area contributed by atoms with Crippen LogP contribution in [0.25, 0.3) is 90.1 Å². The fourth-order valence-corrected chi connectivity index (χ4v) is 9.57. The molecule has 4 heterocycles. The van der Waals surface area contributed by atoms with Gasteiger partial charge in [-0.25, -0.2) is 18.7 Å². The van der Waals surface area contributed by atoms with E-state index in [1.54, 1.807) is 64.7 Å². The number of rotatable bonds is 14. The fraction of sp³-hybridized carbons (Fsp3) is 0.204. The van der Waals surface area contributed by atoms with Gasteiger partial charge in [-0.3, -0.25) is 0 Å². The number of hydrogen-bond acceptors (Lipinski definition) is 12. The second-order valence-corrected chi connectivity index (χ2v) is 17.9. The molecular formula is C54H42F5N11O3. The highest BCUT2D eigenvalue weighted by atomic mass is 19.4. The Kier molecular flexibility index (Phi) is 12.4. The molecule has 10 aromatic rings. The Bertz CT molecular complexity index is 3740. The summed E-state index contributed by atoms with van der Waals surface area (Å²) in [5.74, 6) is -0.0713. The molecule has 0 bridgehead atoms. The summed E-state index contributed by atoms with van der Waals surface area (Å²) in [5.41, 5.74) is 5.54. The average molecular weight is 988 g/mol. The predicted molar refractivity (Wildman–Crippen MR) is 261 cm³/mol. The standard InChI is InChI=1S/C54H42F5N11O3/c1-61-26-31-18-43(54(57,58)59)49-46(20-31)66-53(73-49)35-8-3-6-33(22-35)40-14-12-38(56)24-42(40)51-68-64-29-70(51)16-15-69-28-63-67-50(69)41-23-37(55)11-13-39(41)32-5-2-7-34(21-32)52-65-45-19-30(17-36(25-60)48(45)72-52)27-62-44-9-4-10-47(44)71/h2-3,5-8,11-14,17-24,28-29,44,47,61-62,71H,4,9-10,15-16,26-27H2,1H3/t44-,47+/m1/s1. The van der Waals surface area contributed by atoms with Crippen LogP contribution in [0.3, 0.4) is 0 Å². The summed E-state index contributed by atoms with van der Waals surface area (Å²) in [7, 11) is 1.64. The van der Waals surface area contributed by atoms with Crippen LogP contribution in [0.2, 0.25) is 0 Å². The highest BCUT2D eigenvalue weighted by molar-refractivity contribution is 5.87. The Balaban J connectivity index is 0.864. The first-order valence-electron chi connectivity index (χ1n) is 23.4. The zero-order valence-corrected chi connectivity index (χ0v) is 38.8. The number of hydrogen-bond donors (Lipinski definition) is 3. The highest BCUT2D eigenvalue weighted by Gasteiger charge is 2.36. The van der Waals surface area contributed by atoms with Crippen molar-refractivity contribution in [3.63, 3.8) is 0 Å². The van der Waals surface area contributed by atoms with Gasteiger partial charge in [0.25, 0.3) is 0 Å². The van der Waals surface area contributed by atoms with Crippen molar-refractivity contribution in [3.8, 4) is 74.0 Å². The molecule has 1 saturated carbocycles. The Labute approximate surface area is 412 Å². The number of nitrogens with zero attached hydrogens (tertiary/aromatic N) is 9. The zero-order valence-electron chi connectivity index (χ0n) is 38.8. The number of aryl methyl sites for hydroxylation is 2. The van der Waals surface area contributed by atoms with Gasteiger partial charge < -0.3 is 33.7 Å². The van der Waals surface area contributed by atoms with E-state index < -0.39 is 29.5 Å². The number of aliphatic hydroxyl groups excluding tert-OH is 1. The molecule has 1 fully saturated rings. The SMILES string of the molecule is CNCc1cc(C(F)(F)F)c2oc(-c3cccc(-c4ccc(F)cc4-c4nncn4CCn4cnnc4-c4cc(F)ccc4-c4cccc(-c5nc6cc(CN[C@@H]7CCC[C@@H]7O)cc(C#N)c6o5)c4)c3)nc2c1. The minimum Gasteiger partial charge on any atom is -0.435 e. The summed E-state index contributed by atoms with van der Waals surface area (Å²) in [4.78, 5) is 9.22. The van der Waals surface area contributed by atoms with Crippen LogP contribution in [0.15, 0.2) is 131 Å². The predicted octanol–water partition coefficient (Wildman–Crippen LogP) is 10.7. The molecule has 19 heteroatoms. The summed E-state index contributed by atoms with van der Waals surface area (Å²) >= 11 is 0. The van der Waals surface area contributed by atoms with Crippen molar-refractivity contribution in [2.24, 2.45) is 0 Å². The first kappa shape index (κ1) is 46.9. The van der Waals surface area contributed by atoms with Gasteiger partial charge in [0.1, 0.15) is 47.0 Å². The second-order valence-electron chi connectivity index (χ2n) is 17.9. The van der Waals surface area contributed by atoms with Crippen molar-refractivity contribution >= 4 is 22.2 Å². The summed E-state index contributed by atoms with van der Waals surface area (Å²) in [6.07, 6.45) is 0.542. The van der Waals surface area contributed by atoms with E-state index in [2.05, 4.69) is 42.1 Å². The molecule has 1 aliphatic rings. The largest absolute Gasteiger partial charge is 0.435 e. The lowest BCUT2D eigenvalue weighted by atomic mass is 9.97. The van der Waals surface area contributed by atoms with Crippen LogP contribution in [0.1, 0.15) is 41.5 Å². The number of aromatic nitrogens is 8. The molecule has 0 aliphatic heterocycles. The van der Waals surface area contributed by atoms with E-state index in [0.29, 0.717) is 90.8 Å². The van der Waals surface area contributed by atoms with Gasteiger partial charge in [-0.05, 0) is 132 Å². The number of alkyl halides is 3. The molecular weight excluding hydrogens is 946 g/mol. The monoisotopic (exact) mass is 987 g/mol. The van der Waals surface area contributed by atoms with Gasteiger partial charge in [0, 0.05) is 54.5 Å². The molecule has 0 spiro atoms. The lowest BCUT2D eigenvalue weighted by Gasteiger charge is -2.16. The Morgan fingerprint density at radius 1 is 0.671 bits per heavy atom. The highest BCUT2D eigenvalue weighted by Crippen LogP contribution is 2.40. The topological polar surface area (TPSA) is 182 Å². The molecule has 11 rings (SSSR count). The lowest BCUT2D eigenvalue weighted by Crippen LogP contribution is -2.35. The maximum absolute atomic E-state index is 15.2. The normalized spacial score (nSPS) is 14.9. The number of nitrogens with one attached hydrogen (secondary N) is 2. The molecule has 0 unspecified atom stereocenters. The Morgan fingerprint density at radius 2 is 1.22 bits per heavy atom. The van der Waals surface area contributed by atoms with E-state index >= 15 is 8.78 Å². The fourth-order valence-electron chi connectivity index (χ4n) is 9.57. The zero-order chi connectivity index (χ0) is 50.4. The van der Waals surface area contributed by atoms with Crippen LogP contribution < -0.4 is 10.6 Å². The van der Waals surface area contributed by atoms with Gasteiger partial charge >= 0.3 is 6.18 Å².